The molecular weight excluding hydrogens is 351 g/mol. The smallest absolute Gasteiger partial charge is 0.195 e. The number of H-pyrrole nitrogens is 1. The summed E-state index contributed by atoms with van der Waals surface area (Å²) in [6, 6.07) is 12.3. The first-order chi connectivity index (χ1) is 12.2. The molecule has 0 fully saturated rings. The van der Waals surface area contributed by atoms with Crippen LogP contribution in [-0.2, 0) is 0 Å². The summed E-state index contributed by atoms with van der Waals surface area (Å²) in [5.41, 5.74) is 2.79. The molecular formula is C19H17N2O2PS. The molecule has 0 amide bonds. The third-order valence-electron chi connectivity index (χ3n) is 3.71. The van der Waals surface area contributed by atoms with Gasteiger partial charge in [-0.2, -0.15) is 0 Å². The van der Waals surface area contributed by atoms with E-state index in [-0.39, 0.29) is 11.5 Å². The molecule has 1 aromatic carbocycles. The largest absolute Gasteiger partial charge is 0.508 e. The van der Waals surface area contributed by atoms with Crippen molar-refractivity contribution in [2.24, 2.45) is 0 Å². The Hall–Kier alpha value is -2.49. The second kappa shape index (κ2) is 7.60. The Kier molecular flexibility index (Phi) is 5.27. The van der Waals surface area contributed by atoms with Gasteiger partial charge in [-0.1, -0.05) is 12.7 Å². The number of carbonyl (C=O) groups excluding carboxylic acids is 1. The minimum absolute atomic E-state index is 0.0959. The quantitative estimate of drug-likeness (QED) is 0.406. The molecule has 0 saturated carbocycles. The van der Waals surface area contributed by atoms with Crippen molar-refractivity contribution in [2.75, 3.05) is 6.66 Å². The van der Waals surface area contributed by atoms with Crippen LogP contribution in [0.2, 0.25) is 0 Å². The number of ketones is 1. The Balaban J connectivity index is 0.000000880. The van der Waals surface area contributed by atoms with E-state index in [9.17, 15) is 9.90 Å². The number of nitrogens with zero attached hydrogens (tertiary/aromatic N) is 1. The zero-order chi connectivity index (χ0) is 17.8. The molecule has 6 heteroatoms. The predicted octanol–water partition coefficient (Wildman–Crippen LogP) is 4.72. The summed E-state index contributed by atoms with van der Waals surface area (Å²) < 4.78 is 0. The molecule has 3 heterocycles. The second-order valence-electron chi connectivity index (χ2n) is 5.18. The fourth-order valence-corrected chi connectivity index (χ4v) is 3.25. The predicted molar refractivity (Wildman–Crippen MR) is 107 cm³/mol. The van der Waals surface area contributed by atoms with Crippen molar-refractivity contribution in [1.29, 1.82) is 0 Å². The molecule has 0 saturated heterocycles. The number of pyridine rings is 1. The van der Waals surface area contributed by atoms with Crippen molar-refractivity contribution in [3.8, 4) is 16.2 Å². The highest BCUT2D eigenvalue weighted by molar-refractivity contribution is 7.15. The second-order valence-corrected chi connectivity index (χ2v) is 6.12. The van der Waals surface area contributed by atoms with Gasteiger partial charge < -0.3 is 10.1 Å². The van der Waals surface area contributed by atoms with E-state index in [0.29, 0.717) is 16.8 Å². The number of hydrogen-bond acceptors (Lipinski definition) is 4. The van der Waals surface area contributed by atoms with Gasteiger partial charge in [0.25, 0.3) is 0 Å². The van der Waals surface area contributed by atoms with E-state index in [0.717, 1.165) is 15.8 Å². The molecule has 0 spiro atoms. The van der Waals surface area contributed by atoms with Crippen LogP contribution in [0.15, 0.2) is 60.2 Å². The standard InChI is InChI=1S/C18H12N2O2S.CH5P/c21-13-5-3-11(4-6-13)17(22)15-10-20-18-14(15)8-12(9-19-18)16-2-1-7-23-16;1-2/h1-10,21H,(H,19,20);2H2,1H3. The molecule has 1 unspecified atom stereocenters. The number of hydrogen-bond donors (Lipinski definition) is 2. The number of phenols is 1. The van der Waals surface area contributed by atoms with Gasteiger partial charge in [-0.3, -0.25) is 4.79 Å². The minimum Gasteiger partial charge on any atom is -0.508 e. The van der Waals surface area contributed by atoms with Crippen molar-refractivity contribution in [1.82, 2.24) is 9.97 Å². The van der Waals surface area contributed by atoms with Crippen LogP contribution in [0.4, 0.5) is 0 Å². The molecule has 4 rings (SSSR count). The number of carbonyl (C=O) groups is 1. The lowest BCUT2D eigenvalue weighted by Crippen LogP contribution is -1.99. The van der Waals surface area contributed by atoms with Crippen LogP contribution in [0.5, 0.6) is 5.75 Å². The number of nitrogens with one attached hydrogen (secondary N) is 1. The summed E-state index contributed by atoms with van der Waals surface area (Å²) in [5, 5.41) is 12.2. The number of fused-ring (bicyclic) bond motifs is 1. The van der Waals surface area contributed by atoms with Crippen LogP contribution in [0.3, 0.4) is 0 Å². The molecule has 4 aromatic rings. The van der Waals surface area contributed by atoms with Crippen LogP contribution >= 0.6 is 20.6 Å². The third-order valence-corrected chi connectivity index (χ3v) is 4.63. The van der Waals surface area contributed by atoms with E-state index >= 15 is 0 Å². The molecule has 25 heavy (non-hydrogen) atoms. The van der Waals surface area contributed by atoms with E-state index < -0.39 is 0 Å². The number of thiophene rings is 1. The number of aromatic hydroxyl groups is 1. The van der Waals surface area contributed by atoms with Crippen molar-refractivity contribution < 1.29 is 9.90 Å². The van der Waals surface area contributed by atoms with E-state index in [1.807, 2.05) is 30.2 Å². The van der Waals surface area contributed by atoms with Gasteiger partial charge in [0.2, 0.25) is 0 Å². The first kappa shape index (κ1) is 17.3. The highest BCUT2D eigenvalue weighted by atomic mass is 32.1. The van der Waals surface area contributed by atoms with Gasteiger partial charge in [0.05, 0.1) is 0 Å². The number of rotatable bonds is 3. The van der Waals surface area contributed by atoms with Gasteiger partial charge in [0.15, 0.2) is 5.78 Å². The van der Waals surface area contributed by atoms with Gasteiger partial charge in [-0.05, 0) is 41.8 Å². The van der Waals surface area contributed by atoms with Gasteiger partial charge >= 0.3 is 0 Å². The summed E-state index contributed by atoms with van der Waals surface area (Å²) in [7, 11) is 2.42. The molecule has 0 aliphatic carbocycles. The molecule has 0 aliphatic heterocycles. The topological polar surface area (TPSA) is 66.0 Å². The number of benzene rings is 1. The lowest BCUT2D eigenvalue weighted by Gasteiger charge is -2.02. The average Bonchev–Trinajstić information content (AvgIpc) is 3.33. The fraction of sp³-hybridized carbons (Fsp3) is 0.0526. The molecule has 1 atom stereocenters. The SMILES string of the molecule is CP.O=C(c1ccc(O)cc1)c1c[nH]c2ncc(-c3cccs3)cc12. The van der Waals surface area contributed by atoms with E-state index in [1.54, 1.807) is 35.9 Å². The third kappa shape index (κ3) is 3.48. The van der Waals surface area contributed by atoms with Crippen LogP contribution in [0.25, 0.3) is 21.5 Å². The van der Waals surface area contributed by atoms with E-state index in [1.165, 1.54) is 12.1 Å². The summed E-state index contributed by atoms with van der Waals surface area (Å²) in [5.74, 6) is 0.0449. The number of aromatic nitrogens is 2. The van der Waals surface area contributed by atoms with Gasteiger partial charge in [0.1, 0.15) is 11.4 Å². The molecule has 3 aromatic heterocycles. The van der Waals surface area contributed by atoms with Crippen molar-refractivity contribution in [3.05, 3.63) is 71.4 Å². The van der Waals surface area contributed by atoms with E-state index in [4.69, 9.17) is 0 Å². The summed E-state index contributed by atoms with van der Waals surface area (Å²) >= 11 is 1.64. The molecule has 126 valence electrons. The summed E-state index contributed by atoms with van der Waals surface area (Å²) in [6.07, 6.45) is 3.49. The normalized spacial score (nSPS) is 10.3. The average molecular weight is 368 g/mol. The summed E-state index contributed by atoms with van der Waals surface area (Å²) in [6.45, 7) is 1.92. The van der Waals surface area contributed by atoms with Crippen molar-refractivity contribution in [2.45, 2.75) is 0 Å². The van der Waals surface area contributed by atoms with Gasteiger partial charge in [-0.15, -0.1) is 20.6 Å². The maximum atomic E-state index is 12.7. The van der Waals surface area contributed by atoms with E-state index in [2.05, 4.69) is 19.2 Å². The molecule has 0 aliphatic rings. The Morgan fingerprint density at radius 1 is 1.20 bits per heavy atom. The first-order valence-electron chi connectivity index (χ1n) is 7.65. The molecule has 4 nitrogen and oxygen atoms in total. The highest BCUT2D eigenvalue weighted by Gasteiger charge is 2.15. The first-order valence-corrected chi connectivity index (χ1v) is 9.68. The van der Waals surface area contributed by atoms with Crippen molar-refractivity contribution in [3.63, 3.8) is 0 Å². The zero-order valence-corrected chi connectivity index (χ0v) is 15.5. The Morgan fingerprint density at radius 2 is 1.96 bits per heavy atom. The Bertz CT molecular complexity index is 992. The fourth-order valence-electron chi connectivity index (χ4n) is 2.54. The van der Waals surface area contributed by atoms with Gasteiger partial charge in [0, 0.05) is 39.3 Å². The van der Waals surface area contributed by atoms with Crippen LogP contribution in [0.1, 0.15) is 15.9 Å². The van der Waals surface area contributed by atoms with Crippen LogP contribution in [-0.4, -0.2) is 27.5 Å². The zero-order valence-electron chi connectivity index (χ0n) is 13.6. The van der Waals surface area contributed by atoms with Crippen LogP contribution in [0, 0.1) is 0 Å². The minimum atomic E-state index is -0.0959. The maximum absolute atomic E-state index is 12.7. The lowest BCUT2D eigenvalue weighted by molar-refractivity contribution is 0.104. The summed E-state index contributed by atoms with van der Waals surface area (Å²) in [4.78, 5) is 21.3. The van der Waals surface area contributed by atoms with Crippen LogP contribution < -0.4 is 0 Å². The Labute approximate surface area is 151 Å². The number of phenolic OH excluding ortho intramolecular Hbond substituents is 1. The van der Waals surface area contributed by atoms with Crippen molar-refractivity contribution >= 4 is 37.4 Å². The highest BCUT2D eigenvalue weighted by Crippen LogP contribution is 2.29. The van der Waals surface area contributed by atoms with Gasteiger partial charge in [-0.25, -0.2) is 4.98 Å². The molecule has 0 radical (unpaired) electrons. The lowest BCUT2D eigenvalue weighted by atomic mass is 10.0. The monoisotopic (exact) mass is 368 g/mol. The molecule has 0 bridgehead atoms. The molecule has 2 N–H and O–H groups in total. The number of aromatic amines is 1. The maximum Gasteiger partial charge on any atom is 0.195 e. The Morgan fingerprint density at radius 3 is 2.64 bits per heavy atom.